The fourth-order valence-electron chi connectivity index (χ4n) is 2.41. The Morgan fingerprint density at radius 3 is 2.28 bits per heavy atom. The van der Waals surface area contributed by atoms with Gasteiger partial charge < -0.3 is 25.0 Å². The highest BCUT2D eigenvalue weighted by molar-refractivity contribution is 5.30. The molecule has 0 aliphatic heterocycles. The van der Waals surface area contributed by atoms with Crippen molar-refractivity contribution in [1.29, 1.82) is 0 Å². The molecule has 2 atom stereocenters. The van der Waals surface area contributed by atoms with E-state index in [0.29, 0.717) is 18.3 Å². The average Bonchev–Trinajstić information content (AvgIpc) is 2.64. The summed E-state index contributed by atoms with van der Waals surface area (Å²) in [5.74, 6) is 1.69. The predicted molar refractivity (Wildman–Crippen MR) is 98.4 cm³/mol. The molecule has 0 aliphatic rings. The molecular formula is C20H27NO4. The molecule has 2 rings (SSSR count). The minimum Gasteiger partial charge on any atom is -0.508 e. The molecule has 2 aromatic rings. The number of ether oxygens (including phenoxy) is 2. The molecule has 0 fully saturated rings. The zero-order valence-electron chi connectivity index (χ0n) is 14.8. The largest absolute Gasteiger partial charge is 0.508 e. The van der Waals surface area contributed by atoms with E-state index in [4.69, 9.17) is 9.47 Å². The quantitative estimate of drug-likeness (QED) is 0.618. The van der Waals surface area contributed by atoms with Gasteiger partial charge in [0.2, 0.25) is 0 Å². The predicted octanol–water partition coefficient (Wildman–Crippen LogP) is 2.75. The number of benzene rings is 2. The van der Waals surface area contributed by atoms with Crippen LogP contribution in [-0.4, -0.2) is 42.6 Å². The molecule has 5 nitrogen and oxygen atoms in total. The second-order valence-electron chi connectivity index (χ2n) is 6.15. The lowest BCUT2D eigenvalue weighted by Crippen LogP contribution is -2.36. The second-order valence-corrected chi connectivity index (χ2v) is 6.15. The Morgan fingerprint density at radius 1 is 1.00 bits per heavy atom. The number of nitrogens with one attached hydrogen (secondary N) is 1. The molecule has 0 amide bonds. The van der Waals surface area contributed by atoms with Crippen molar-refractivity contribution in [2.24, 2.45) is 0 Å². The Bertz CT molecular complexity index is 613. The molecule has 0 aliphatic carbocycles. The lowest BCUT2D eigenvalue weighted by Gasteiger charge is -2.18. The van der Waals surface area contributed by atoms with E-state index in [1.807, 2.05) is 12.1 Å². The van der Waals surface area contributed by atoms with E-state index in [1.54, 1.807) is 31.4 Å². The number of phenols is 1. The molecule has 0 saturated carbocycles. The first-order valence-electron chi connectivity index (χ1n) is 8.53. The number of methoxy groups -OCH3 is 1. The molecular weight excluding hydrogens is 318 g/mol. The van der Waals surface area contributed by atoms with Gasteiger partial charge in [-0.25, -0.2) is 0 Å². The molecule has 0 saturated heterocycles. The van der Waals surface area contributed by atoms with Crippen LogP contribution in [0, 0.1) is 0 Å². The molecule has 25 heavy (non-hydrogen) atoms. The van der Waals surface area contributed by atoms with E-state index in [2.05, 4.69) is 24.4 Å². The highest BCUT2D eigenvalue weighted by Gasteiger charge is 2.08. The van der Waals surface area contributed by atoms with Gasteiger partial charge in [0, 0.05) is 12.6 Å². The minimum atomic E-state index is -0.586. The van der Waals surface area contributed by atoms with Crippen LogP contribution in [-0.2, 0) is 6.42 Å². The summed E-state index contributed by atoms with van der Waals surface area (Å²) in [4.78, 5) is 0. The third kappa shape index (κ3) is 7.03. The van der Waals surface area contributed by atoms with Crippen LogP contribution in [0.25, 0.3) is 0 Å². The van der Waals surface area contributed by atoms with Gasteiger partial charge in [-0.1, -0.05) is 12.1 Å². The summed E-state index contributed by atoms with van der Waals surface area (Å²) in [5, 5.41) is 22.5. The Morgan fingerprint density at radius 2 is 1.64 bits per heavy atom. The molecule has 0 heterocycles. The van der Waals surface area contributed by atoms with Crippen LogP contribution in [0.2, 0.25) is 0 Å². The van der Waals surface area contributed by atoms with Crippen molar-refractivity contribution in [2.75, 3.05) is 20.3 Å². The Hall–Kier alpha value is -2.24. The fraction of sp³-hybridized carbons (Fsp3) is 0.400. The molecule has 0 radical (unpaired) electrons. The van der Waals surface area contributed by atoms with E-state index in [9.17, 15) is 10.2 Å². The molecule has 3 N–H and O–H groups in total. The van der Waals surface area contributed by atoms with Gasteiger partial charge in [0.15, 0.2) is 0 Å². The maximum absolute atomic E-state index is 10.0. The first-order valence-corrected chi connectivity index (χ1v) is 8.53. The molecule has 0 aromatic heterocycles. The van der Waals surface area contributed by atoms with Gasteiger partial charge in [-0.3, -0.25) is 0 Å². The third-order valence-corrected chi connectivity index (χ3v) is 4.01. The van der Waals surface area contributed by atoms with E-state index in [0.717, 1.165) is 18.6 Å². The summed E-state index contributed by atoms with van der Waals surface area (Å²) < 4.78 is 10.6. The number of aliphatic hydroxyl groups is 1. The van der Waals surface area contributed by atoms with Crippen molar-refractivity contribution in [3.8, 4) is 17.2 Å². The average molecular weight is 345 g/mol. The van der Waals surface area contributed by atoms with Gasteiger partial charge in [0.05, 0.1) is 7.11 Å². The molecule has 5 heteroatoms. The summed E-state index contributed by atoms with van der Waals surface area (Å²) in [7, 11) is 1.66. The monoisotopic (exact) mass is 345 g/mol. The lowest BCUT2D eigenvalue weighted by molar-refractivity contribution is 0.104. The number of aryl methyl sites for hydroxylation is 1. The first-order chi connectivity index (χ1) is 12.1. The summed E-state index contributed by atoms with van der Waals surface area (Å²) >= 11 is 0. The van der Waals surface area contributed by atoms with Crippen molar-refractivity contribution in [3.05, 3.63) is 54.1 Å². The molecule has 136 valence electrons. The summed E-state index contributed by atoms with van der Waals surface area (Å²) in [6.45, 7) is 2.79. The van der Waals surface area contributed by atoms with E-state index in [1.165, 1.54) is 5.56 Å². The van der Waals surface area contributed by atoms with Crippen molar-refractivity contribution in [2.45, 2.75) is 31.9 Å². The van der Waals surface area contributed by atoms with E-state index >= 15 is 0 Å². The van der Waals surface area contributed by atoms with Crippen LogP contribution >= 0.6 is 0 Å². The van der Waals surface area contributed by atoms with E-state index in [-0.39, 0.29) is 12.4 Å². The van der Waals surface area contributed by atoms with Crippen molar-refractivity contribution >= 4 is 0 Å². The Balaban J connectivity index is 1.63. The number of hydrogen-bond acceptors (Lipinski definition) is 5. The second kappa shape index (κ2) is 9.91. The van der Waals surface area contributed by atoms with Gasteiger partial charge >= 0.3 is 0 Å². The van der Waals surface area contributed by atoms with Gasteiger partial charge in [-0.2, -0.15) is 0 Å². The topological polar surface area (TPSA) is 71.0 Å². The van der Waals surface area contributed by atoms with Gasteiger partial charge in [-0.05, 0) is 61.7 Å². The molecule has 0 unspecified atom stereocenters. The lowest BCUT2D eigenvalue weighted by atomic mass is 10.1. The zero-order valence-corrected chi connectivity index (χ0v) is 14.8. The summed E-state index contributed by atoms with van der Waals surface area (Å²) in [6, 6.07) is 14.8. The summed E-state index contributed by atoms with van der Waals surface area (Å²) in [5.41, 5.74) is 1.27. The van der Waals surface area contributed by atoms with Crippen molar-refractivity contribution in [1.82, 2.24) is 5.32 Å². The Kier molecular flexibility index (Phi) is 7.57. The highest BCUT2D eigenvalue weighted by Crippen LogP contribution is 2.16. The number of hydrogen-bond donors (Lipinski definition) is 3. The summed E-state index contributed by atoms with van der Waals surface area (Å²) in [6.07, 6.45) is 1.37. The SMILES string of the molecule is COc1ccc(CC[C@H](C)NC[C@@H](O)COc2ccc(O)cc2)cc1. The van der Waals surface area contributed by atoms with Crippen LogP contribution in [0.15, 0.2) is 48.5 Å². The van der Waals surface area contributed by atoms with E-state index < -0.39 is 6.10 Å². The van der Waals surface area contributed by atoms with Crippen LogP contribution < -0.4 is 14.8 Å². The van der Waals surface area contributed by atoms with Gasteiger partial charge in [0.25, 0.3) is 0 Å². The standard InChI is InChI=1S/C20H27NO4/c1-15(3-4-16-5-9-19(24-2)10-6-16)21-13-18(23)14-25-20-11-7-17(22)8-12-20/h5-12,15,18,21-23H,3-4,13-14H2,1-2H3/t15-,18+/m0/s1. The van der Waals surface area contributed by atoms with Crippen molar-refractivity contribution in [3.63, 3.8) is 0 Å². The van der Waals surface area contributed by atoms with Crippen LogP contribution in [0.1, 0.15) is 18.9 Å². The number of aliphatic hydroxyl groups excluding tert-OH is 1. The number of rotatable bonds is 10. The third-order valence-electron chi connectivity index (χ3n) is 4.01. The Labute approximate surface area is 149 Å². The molecule has 0 spiro atoms. The van der Waals surface area contributed by atoms with Gasteiger partial charge in [0.1, 0.15) is 30.0 Å². The van der Waals surface area contributed by atoms with Gasteiger partial charge in [-0.15, -0.1) is 0 Å². The number of phenolic OH excluding ortho intramolecular Hbond substituents is 1. The minimum absolute atomic E-state index is 0.195. The van der Waals surface area contributed by atoms with Crippen LogP contribution in [0.3, 0.4) is 0 Å². The number of aromatic hydroxyl groups is 1. The van der Waals surface area contributed by atoms with Crippen molar-refractivity contribution < 1.29 is 19.7 Å². The maximum Gasteiger partial charge on any atom is 0.119 e. The smallest absolute Gasteiger partial charge is 0.119 e. The normalized spacial score (nSPS) is 13.2. The van der Waals surface area contributed by atoms with Crippen LogP contribution in [0.5, 0.6) is 17.2 Å². The van der Waals surface area contributed by atoms with Crippen LogP contribution in [0.4, 0.5) is 0 Å². The first kappa shape index (κ1) is 19.1. The zero-order chi connectivity index (χ0) is 18.1. The molecule has 0 bridgehead atoms. The highest BCUT2D eigenvalue weighted by atomic mass is 16.5. The molecule has 2 aromatic carbocycles. The maximum atomic E-state index is 10.0. The fourth-order valence-corrected chi connectivity index (χ4v) is 2.41.